The molecule has 2 unspecified atom stereocenters. The Hall–Kier alpha value is 0.440. The predicted octanol–water partition coefficient (Wildman–Crippen LogP) is 6.01. The summed E-state index contributed by atoms with van der Waals surface area (Å²) in [6.07, 6.45) is 15.8. The highest BCUT2D eigenvalue weighted by atomic mass is 79.9. The third-order valence-corrected chi connectivity index (χ3v) is 5.62. The Bertz CT molecular complexity index is 219. The van der Waals surface area contributed by atoms with Crippen molar-refractivity contribution in [2.75, 3.05) is 18.4 Å². The lowest BCUT2D eigenvalue weighted by molar-refractivity contribution is 0.246. The van der Waals surface area contributed by atoms with E-state index in [0.29, 0.717) is 0 Å². The zero-order valence-corrected chi connectivity index (χ0v) is 15.5. The second-order valence-corrected chi connectivity index (χ2v) is 7.35. The molecule has 0 N–H and O–H groups in total. The fraction of sp³-hybridized carbons (Fsp3) is 1.00. The number of hydrogen-bond acceptors (Lipinski definition) is 1. The molecule has 0 saturated carbocycles. The van der Waals surface area contributed by atoms with E-state index in [1.807, 2.05) is 0 Å². The Labute approximate surface area is 136 Å². The number of rotatable bonds is 12. The smallest absolute Gasteiger partial charge is 0.0218 e. The van der Waals surface area contributed by atoms with Crippen LogP contribution in [-0.2, 0) is 0 Å². The third kappa shape index (κ3) is 7.45. The van der Waals surface area contributed by atoms with Gasteiger partial charge in [-0.15, -0.1) is 0 Å². The number of alkyl halides is 1. The number of hydrogen-bond donors (Lipinski definition) is 0. The Balaban J connectivity index is 1.87. The van der Waals surface area contributed by atoms with Crippen molar-refractivity contribution in [2.45, 2.75) is 90.5 Å². The van der Waals surface area contributed by atoms with Gasteiger partial charge in [0.2, 0.25) is 0 Å². The summed E-state index contributed by atoms with van der Waals surface area (Å²) in [7, 11) is 0. The van der Waals surface area contributed by atoms with Crippen molar-refractivity contribution in [1.29, 1.82) is 0 Å². The van der Waals surface area contributed by atoms with Gasteiger partial charge in [0.05, 0.1) is 0 Å². The standard InChI is InChI=1S/C18H36BrN/c1-3-4-5-6-7-8-9-10-11-12-14-20-15-13-17(2)18(20)16-19/h17-18H,3-16H2,1-2H3. The molecule has 0 aromatic heterocycles. The van der Waals surface area contributed by atoms with Crippen LogP contribution in [0.2, 0.25) is 0 Å². The summed E-state index contributed by atoms with van der Waals surface area (Å²) in [5, 5.41) is 1.16. The minimum absolute atomic E-state index is 0.800. The second-order valence-electron chi connectivity index (χ2n) is 6.71. The summed E-state index contributed by atoms with van der Waals surface area (Å²) >= 11 is 3.68. The summed E-state index contributed by atoms with van der Waals surface area (Å²) < 4.78 is 0. The van der Waals surface area contributed by atoms with Gasteiger partial charge in [-0.1, -0.05) is 87.6 Å². The molecular weight excluding hydrogens is 310 g/mol. The highest BCUT2D eigenvalue weighted by Crippen LogP contribution is 2.25. The fourth-order valence-corrected chi connectivity index (χ4v) is 4.46. The van der Waals surface area contributed by atoms with E-state index in [1.54, 1.807) is 0 Å². The molecule has 1 rings (SSSR count). The lowest BCUT2D eigenvalue weighted by Gasteiger charge is -2.24. The number of likely N-dealkylation sites (tertiary alicyclic amines) is 1. The number of unbranched alkanes of at least 4 members (excludes halogenated alkanes) is 9. The van der Waals surface area contributed by atoms with E-state index in [4.69, 9.17) is 0 Å². The summed E-state index contributed by atoms with van der Waals surface area (Å²) in [6, 6.07) is 0.800. The quantitative estimate of drug-likeness (QED) is 0.309. The van der Waals surface area contributed by atoms with Gasteiger partial charge < -0.3 is 0 Å². The Morgan fingerprint density at radius 2 is 1.45 bits per heavy atom. The van der Waals surface area contributed by atoms with Crippen LogP contribution in [0.5, 0.6) is 0 Å². The van der Waals surface area contributed by atoms with Crippen molar-refractivity contribution in [3.8, 4) is 0 Å². The molecule has 2 atom stereocenters. The van der Waals surface area contributed by atoms with E-state index >= 15 is 0 Å². The normalized spacial score (nSPS) is 23.6. The van der Waals surface area contributed by atoms with E-state index in [1.165, 1.54) is 83.7 Å². The molecule has 0 amide bonds. The molecule has 1 heterocycles. The zero-order valence-electron chi connectivity index (χ0n) is 13.9. The molecule has 0 aromatic carbocycles. The zero-order chi connectivity index (χ0) is 14.6. The topological polar surface area (TPSA) is 3.24 Å². The van der Waals surface area contributed by atoms with Gasteiger partial charge in [-0.25, -0.2) is 0 Å². The lowest BCUT2D eigenvalue weighted by Crippen LogP contribution is -2.34. The molecule has 20 heavy (non-hydrogen) atoms. The molecule has 1 nitrogen and oxygen atoms in total. The minimum atomic E-state index is 0.800. The van der Waals surface area contributed by atoms with Gasteiger partial charge in [-0.2, -0.15) is 0 Å². The maximum atomic E-state index is 3.68. The molecule has 0 bridgehead atoms. The van der Waals surface area contributed by atoms with Crippen molar-refractivity contribution in [1.82, 2.24) is 4.90 Å². The minimum Gasteiger partial charge on any atom is -0.299 e. The van der Waals surface area contributed by atoms with Crippen LogP contribution in [0.3, 0.4) is 0 Å². The van der Waals surface area contributed by atoms with E-state index in [2.05, 4.69) is 34.7 Å². The molecule has 1 saturated heterocycles. The first kappa shape index (κ1) is 18.5. The maximum absolute atomic E-state index is 3.68. The maximum Gasteiger partial charge on any atom is 0.0218 e. The third-order valence-electron chi connectivity index (χ3n) is 4.95. The van der Waals surface area contributed by atoms with Crippen molar-refractivity contribution in [3.63, 3.8) is 0 Å². The van der Waals surface area contributed by atoms with Crippen LogP contribution >= 0.6 is 15.9 Å². The van der Waals surface area contributed by atoms with Crippen molar-refractivity contribution in [3.05, 3.63) is 0 Å². The van der Waals surface area contributed by atoms with Gasteiger partial charge >= 0.3 is 0 Å². The summed E-state index contributed by atoms with van der Waals surface area (Å²) in [5.74, 6) is 0.887. The Kier molecular flexibility index (Phi) is 11.1. The number of halogens is 1. The molecule has 120 valence electrons. The molecule has 0 spiro atoms. The van der Waals surface area contributed by atoms with Crippen LogP contribution < -0.4 is 0 Å². The van der Waals surface area contributed by atoms with E-state index in [9.17, 15) is 0 Å². The largest absolute Gasteiger partial charge is 0.299 e. The van der Waals surface area contributed by atoms with Gasteiger partial charge in [0.1, 0.15) is 0 Å². The van der Waals surface area contributed by atoms with E-state index < -0.39 is 0 Å². The summed E-state index contributed by atoms with van der Waals surface area (Å²) in [6.45, 7) is 7.36. The van der Waals surface area contributed by atoms with Crippen molar-refractivity contribution in [2.24, 2.45) is 5.92 Å². The van der Waals surface area contributed by atoms with Crippen LogP contribution in [0.1, 0.15) is 84.5 Å². The Morgan fingerprint density at radius 3 is 2.00 bits per heavy atom. The summed E-state index contributed by atoms with van der Waals surface area (Å²) in [5.41, 5.74) is 0. The van der Waals surface area contributed by atoms with Crippen LogP contribution in [0.4, 0.5) is 0 Å². The molecular formula is C18H36BrN. The van der Waals surface area contributed by atoms with Crippen LogP contribution in [-0.4, -0.2) is 29.4 Å². The first-order chi connectivity index (χ1) is 9.79. The lowest BCUT2D eigenvalue weighted by atomic mass is 10.0. The van der Waals surface area contributed by atoms with Gasteiger partial charge in [-0.05, 0) is 31.8 Å². The molecule has 2 heteroatoms. The Morgan fingerprint density at radius 1 is 0.900 bits per heavy atom. The highest BCUT2D eigenvalue weighted by molar-refractivity contribution is 9.09. The average Bonchev–Trinajstić information content (AvgIpc) is 2.81. The SMILES string of the molecule is CCCCCCCCCCCCN1CCC(C)C1CBr. The molecule has 1 aliphatic rings. The molecule has 1 fully saturated rings. The first-order valence-corrected chi connectivity index (χ1v) is 10.2. The molecule has 0 radical (unpaired) electrons. The number of nitrogens with zero attached hydrogens (tertiary/aromatic N) is 1. The van der Waals surface area contributed by atoms with E-state index in [-0.39, 0.29) is 0 Å². The monoisotopic (exact) mass is 345 g/mol. The van der Waals surface area contributed by atoms with Gasteiger partial charge in [0.25, 0.3) is 0 Å². The van der Waals surface area contributed by atoms with E-state index in [0.717, 1.165) is 17.3 Å². The van der Waals surface area contributed by atoms with Crippen LogP contribution in [0.25, 0.3) is 0 Å². The molecule has 0 aromatic rings. The van der Waals surface area contributed by atoms with Crippen molar-refractivity contribution < 1.29 is 0 Å². The van der Waals surface area contributed by atoms with Crippen molar-refractivity contribution >= 4 is 15.9 Å². The highest BCUT2D eigenvalue weighted by Gasteiger charge is 2.29. The first-order valence-electron chi connectivity index (χ1n) is 9.09. The average molecular weight is 346 g/mol. The summed E-state index contributed by atoms with van der Waals surface area (Å²) in [4.78, 5) is 2.71. The predicted molar refractivity (Wildman–Crippen MR) is 94.8 cm³/mol. The molecule has 0 aliphatic carbocycles. The molecule has 1 aliphatic heterocycles. The van der Waals surface area contributed by atoms with Gasteiger partial charge in [0.15, 0.2) is 0 Å². The van der Waals surface area contributed by atoms with Gasteiger partial charge in [0, 0.05) is 11.4 Å². The fourth-order valence-electron chi connectivity index (χ4n) is 3.42. The second kappa shape index (κ2) is 12.0. The van der Waals surface area contributed by atoms with Crippen LogP contribution in [0, 0.1) is 5.92 Å². The van der Waals surface area contributed by atoms with Crippen LogP contribution in [0.15, 0.2) is 0 Å². The van der Waals surface area contributed by atoms with Gasteiger partial charge in [-0.3, -0.25) is 4.90 Å².